The fraction of sp³-hybridized carbons (Fsp3) is 0.591. The Kier molecular flexibility index (Phi) is 6.06. The SMILES string of the molecule is CC(C(=O)NCc1cccc(CN2CCOCC2)c1)N1C(=O)NC2(CCCC2)C1=O. The number of hydrogen-bond acceptors (Lipinski definition) is 5. The Balaban J connectivity index is 1.33. The molecule has 1 aromatic rings. The molecule has 1 atom stereocenters. The number of amides is 4. The number of carbonyl (C=O) groups is 3. The van der Waals surface area contributed by atoms with Crippen LogP contribution in [0.1, 0.15) is 43.7 Å². The van der Waals surface area contributed by atoms with E-state index < -0.39 is 17.6 Å². The van der Waals surface area contributed by atoms with Crippen molar-refractivity contribution in [3.63, 3.8) is 0 Å². The minimum atomic E-state index is -0.839. The van der Waals surface area contributed by atoms with Crippen molar-refractivity contribution in [1.29, 1.82) is 0 Å². The first-order chi connectivity index (χ1) is 14.5. The van der Waals surface area contributed by atoms with Gasteiger partial charge in [-0.3, -0.25) is 14.5 Å². The molecule has 4 rings (SSSR count). The number of rotatable bonds is 6. The Morgan fingerprint density at radius 1 is 1.20 bits per heavy atom. The fourth-order valence-electron chi connectivity index (χ4n) is 4.62. The number of hydrogen-bond donors (Lipinski definition) is 2. The van der Waals surface area contributed by atoms with E-state index in [1.165, 1.54) is 5.56 Å². The molecule has 2 saturated heterocycles. The van der Waals surface area contributed by atoms with Crippen molar-refractivity contribution in [3.05, 3.63) is 35.4 Å². The van der Waals surface area contributed by atoms with Gasteiger partial charge in [0.2, 0.25) is 5.91 Å². The number of nitrogens with zero attached hydrogens (tertiary/aromatic N) is 2. The second-order valence-electron chi connectivity index (χ2n) is 8.50. The number of morpholine rings is 1. The molecule has 1 aromatic carbocycles. The average Bonchev–Trinajstić information content (AvgIpc) is 3.31. The Morgan fingerprint density at radius 2 is 1.90 bits per heavy atom. The number of nitrogens with one attached hydrogen (secondary N) is 2. The highest BCUT2D eigenvalue weighted by Gasteiger charge is 2.54. The zero-order valence-corrected chi connectivity index (χ0v) is 17.5. The molecular formula is C22H30N4O4. The molecule has 1 aliphatic carbocycles. The van der Waals surface area contributed by atoms with Gasteiger partial charge in [0, 0.05) is 26.2 Å². The minimum absolute atomic E-state index is 0.264. The summed E-state index contributed by atoms with van der Waals surface area (Å²) in [6.07, 6.45) is 3.14. The van der Waals surface area contributed by atoms with E-state index in [1.807, 2.05) is 12.1 Å². The predicted molar refractivity (Wildman–Crippen MR) is 110 cm³/mol. The predicted octanol–water partition coefficient (Wildman–Crippen LogP) is 1.39. The van der Waals surface area contributed by atoms with Crippen molar-refractivity contribution < 1.29 is 19.1 Å². The molecule has 0 aromatic heterocycles. The van der Waals surface area contributed by atoms with E-state index in [-0.39, 0.29) is 11.8 Å². The van der Waals surface area contributed by atoms with Gasteiger partial charge in [0.15, 0.2) is 0 Å². The van der Waals surface area contributed by atoms with Crippen molar-refractivity contribution in [2.24, 2.45) is 0 Å². The van der Waals surface area contributed by atoms with Gasteiger partial charge in [-0.05, 0) is 30.9 Å². The molecule has 3 fully saturated rings. The van der Waals surface area contributed by atoms with Gasteiger partial charge in [-0.25, -0.2) is 9.69 Å². The van der Waals surface area contributed by atoms with Crippen LogP contribution in [0, 0.1) is 0 Å². The fourth-order valence-corrected chi connectivity index (χ4v) is 4.62. The van der Waals surface area contributed by atoms with E-state index >= 15 is 0 Å². The molecule has 1 saturated carbocycles. The van der Waals surface area contributed by atoms with E-state index in [0.717, 1.165) is 56.2 Å². The van der Waals surface area contributed by atoms with Crippen LogP contribution in [0.25, 0.3) is 0 Å². The molecule has 4 amide bonds. The van der Waals surface area contributed by atoms with Crippen molar-refractivity contribution in [2.75, 3.05) is 26.3 Å². The second kappa shape index (κ2) is 8.73. The summed E-state index contributed by atoms with van der Waals surface area (Å²) in [6.45, 7) is 6.18. The zero-order chi connectivity index (χ0) is 21.1. The summed E-state index contributed by atoms with van der Waals surface area (Å²) in [5.74, 6) is -0.590. The van der Waals surface area contributed by atoms with Crippen molar-refractivity contribution >= 4 is 17.8 Å². The van der Waals surface area contributed by atoms with Crippen LogP contribution in [0.4, 0.5) is 4.79 Å². The number of imide groups is 1. The minimum Gasteiger partial charge on any atom is -0.379 e. The zero-order valence-electron chi connectivity index (χ0n) is 17.5. The standard InChI is InChI=1S/C22H30N4O4/c1-16(26-20(28)22(24-21(26)29)7-2-3-8-22)19(27)23-14-17-5-4-6-18(13-17)15-25-9-11-30-12-10-25/h4-6,13,16H,2-3,7-12,14-15H2,1H3,(H,23,27)(H,24,29). The molecule has 2 heterocycles. The number of urea groups is 1. The molecular weight excluding hydrogens is 384 g/mol. The summed E-state index contributed by atoms with van der Waals surface area (Å²) in [6, 6.07) is 6.82. The lowest BCUT2D eigenvalue weighted by molar-refractivity contribution is -0.137. The maximum Gasteiger partial charge on any atom is 0.325 e. The molecule has 0 bridgehead atoms. The first kappa shape index (κ1) is 20.8. The first-order valence-corrected chi connectivity index (χ1v) is 10.8. The monoisotopic (exact) mass is 414 g/mol. The lowest BCUT2D eigenvalue weighted by Crippen LogP contribution is -2.49. The van der Waals surface area contributed by atoms with Crippen molar-refractivity contribution in [1.82, 2.24) is 20.4 Å². The molecule has 2 aliphatic heterocycles. The number of carbonyl (C=O) groups excluding carboxylic acids is 3. The Labute approximate surface area is 176 Å². The van der Waals surface area contributed by atoms with E-state index in [0.29, 0.717) is 19.4 Å². The average molecular weight is 415 g/mol. The lowest BCUT2D eigenvalue weighted by Gasteiger charge is -2.26. The quantitative estimate of drug-likeness (QED) is 0.687. The normalized spacial score (nSPS) is 22.4. The van der Waals surface area contributed by atoms with Gasteiger partial charge in [-0.15, -0.1) is 0 Å². The molecule has 162 valence electrons. The third-order valence-corrected chi connectivity index (χ3v) is 6.39. The van der Waals surface area contributed by atoms with Gasteiger partial charge in [0.25, 0.3) is 5.91 Å². The maximum atomic E-state index is 12.8. The Morgan fingerprint density at radius 3 is 2.63 bits per heavy atom. The molecule has 8 nitrogen and oxygen atoms in total. The highest BCUT2D eigenvalue weighted by molar-refractivity contribution is 6.09. The van der Waals surface area contributed by atoms with E-state index in [2.05, 4.69) is 27.7 Å². The van der Waals surface area contributed by atoms with Crippen LogP contribution in [-0.2, 0) is 27.4 Å². The van der Waals surface area contributed by atoms with Gasteiger partial charge >= 0.3 is 6.03 Å². The molecule has 2 N–H and O–H groups in total. The molecule has 3 aliphatic rings. The van der Waals surface area contributed by atoms with Gasteiger partial charge in [-0.1, -0.05) is 37.1 Å². The Hall–Kier alpha value is -2.45. The third kappa shape index (κ3) is 4.20. The van der Waals surface area contributed by atoms with Gasteiger partial charge < -0.3 is 15.4 Å². The smallest absolute Gasteiger partial charge is 0.325 e. The summed E-state index contributed by atoms with van der Waals surface area (Å²) in [7, 11) is 0. The van der Waals surface area contributed by atoms with Crippen LogP contribution in [0.15, 0.2) is 24.3 Å². The lowest BCUT2D eigenvalue weighted by atomic mass is 9.97. The van der Waals surface area contributed by atoms with Gasteiger partial charge in [0.1, 0.15) is 11.6 Å². The van der Waals surface area contributed by atoms with E-state index in [1.54, 1.807) is 6.92 Å². The van der Waals surface area contributed by atoms with Crippen LogP contribution < -0.4 is 10.6 Å². The van der Waals surface area contributed by atoms with Crippen LogP contribution >= 0.6 is 0 Å². The largest absolute Gasteiger partial charge is 0.379 e. The maximum absolute atomic E-state index is 12.8. The van der Waals surface area contributed by atoms with Crippen LogP contribution in [0.5, 0.6) is 0 Å². The highest BCUT2D eigenvalue weighted by Crippen LogP contribution is 2.35. The van der Waals surface area contributed by atoms with Crippen molar-refractivity contribution in [3.8, 4) is 0 Å². The number of benzene rings is 1. The number of ether oxygens (including phenoxy) is 1. The molecule has 1 spiro atoms. The van der Waals surface area contributed by atoms with Crippen LogP contribution in [-0.4, -0.2) is 65.5 Å². The Bertz CT molecular complexity index is 815. The molecule has 30 heavy (non-hydrogen) atoms. The summed E-state index contributed by atoms with van der Waals surface area (Å²) in [5.41, 5.74) is 1.39. The molecule has 0 radical (unpaired) electrons. The van der Waals surface area contributed by atoms with Crippen LogP contribution in [0.2, 0.25) is 0 Å². The van der Waals surface area contributed by atoms with E-state index in [9.17, 15) is 14.4 Å². The van der Waals surface area contributed by atoms with Gasteiger partial charge in [-0.2, -0.15) is 0 Å². The summed E-state index contributed by atoms with van der Waals surface area (Å²) >= 11 is 0. The topological polar surface area (TPSA) is 91.0 Å². The van der Waals surface area contributed by atoms with E-state index in [4.69, 9.17) is 4.74 Å². The third-order valence-electron chi connectivity index (χ3n) is 6.39. The molecule has 8 heteroatoms. The highest BCUT2D eigenvalue weighted by atomic mass is 16.5. The first-order valence-electron chi connectivity index (χ1n) is 10.8. The van der Waals surface area contributed by atoms with Gasteiger partial charge in [0.05, 0.1) is 13.2 Å². The van der Waals surface area contributed by atoms with Crippen LogP contribution in [0.3, 0.4) is 0 Å². The summed E-state index contributed by atoms with van der Waals surface area (Å²) < 4.78 is 5.39. The second-order valence-corrected chi connectivity index (χ2v) is 8.50. The summed E-state index contributed by atoms with van der Waals surface area (Å²) in [5, 5.41) is 5.71. The molecule has 1 unspecified atom stereocenters. The van der Waals surface area contributed by atoms with Crippen molar-refractivity contribution in [2.45, 2.75) is 57.3 Å². The summed E-state index contributed by atoms with van der Waals surface area (Å²) in [4.78, 5) is 41.4.